The van der Waals surface area contributed by atoms with Crippen LogP contribution in [0.15, 0.2) is 11.6 Å². The Hall–Kier alpha value is -0.850. The van der Waals surface area contributed by atoms with E-state index >= 15 is 0 Å². The quantitative estimate of drug-likeness (QED) is 0.550. The molecule has 5 nitrogen and oxygen atoms in total. The number of aliphatic hydroxyl groups is 1. The average Bonchev–Trinajstić information content (AvgIpc) is 2.98. The molecule has 7 atom stereocenters. The van der Waals surface area contributed by atoms with Crippen molar-refractivity contribution in [3.05, 3.63) is 11.6 Å². The molecule has 0 saturated heterocycles. The van der Waals surface area contributed by atoms with Crippen LogP contribution in [0.3, 0.4) is 0 Å². The first kappa shape index (κ1) is 21.4. The van der Waals surface area contributed by atoms with Gasteiger partial charge >= 0.3 is 5.97 Å². The molecule has 0 aromatic heterocycles. The van der Waals surface area contributed by atoms with Crippen LogP contribution >= 0.6 is 11.8 Å². The maximum atomic E-state index is 13.0. The largest absolute Gasteiger partial charge is 0.467 e. The number of rotatable bonds is 4. The molecule has 0 aromatic rings. The zero-order valence-corrected chi connectivity index (χ0v) is 18.8. The first-order valence-corrected chi connectivity index (χ1v) is 12.3. The number of hydrogen-bond donors (Lipinski definition) is 1. The number of hydrogen-bond acceptors (Lipinski definition) is 6. The number of thioether (sulfide) groups is 1. The molecule has 0 spiro atoms. The maximum absolute atomic E-state index is 13.0. The summed E-state index contributed by atoms with van der Waals surface area (Å²) in [7, 11) is 1.43. The predicted molar refractivity (Wildman–Crippen MR) is 112 cm³/mol. The van der Waals surface area contributed by atoms with Gasteiger partial charge in [-0.25, -0.2) is 4.79 Å². The molecule has 3 saturated carbocycles. The molecule has 4 aliphatic carbocycles. The molecule has 1 N–H and O–H groups in total. The summed E-state index contributed by atoms with van der Waals surface area (Å²) in [5.74, 6) is 1.16. The van der Waals surface area contributed by atoms with Gasteiger partial charge in [-0.2, -0.15) is 0 Å². The summed E-state index contributed by atoms with van der Waals surface area (Å²) in [6, 6.07) is 0. The van der Waals surface area contributed by atoms with E-state index in [9.17, 15) is 14.7 Å². The lowest BCUT2D eigenvalue weighted by atomic mass is 9.45. The van der Waals surface area contributed by atoms with Crippen LogP contribution in [0.2, 0.25) is 0 Å². The normalized spacial score (nSPS) is 46.4. The summed E-state index contributed by atoms with van der Waals surface area (Å²) in [5, 5.41) is 11.5. The molecule has 6 heteroatoms. The SMILES string of the molecule is COC(=O)C1(OCSC)CC[C@H]2[C@@H]3CCC4=CC(=O)CC[C@]4(C)[C@@H]3C(O)C[C@@]21C. The Bertz CT molecular complexity index is 735. The topological polar surface area (TPSA) is 72.8 Å². The number of carbonyl (C=O) groups excluding carboxylic acids is 2. The van der Waals surface area contributed by atoms with Crippen LogP contribution in [0.5, 0.6) is 0 Å². The summed E-state index contributed by atoms with van der Waals surface area (Å²) in [6.45, 7) is 4.39. The second-order valence-electron chi connectivity index (χ2n) is 9.99. The molecule has 4 rings (SSSR count). The van der Waals surface area contributed by atoms with Crippen molar-refractivity contribution in [1.29, 1.82) is 0 Å². The van der Waals surface area contributed by atoms with Gasteiger partial charge in [-0.15, -0.1) is 11.8 Å². The van der Waals surface area contributed by atoms with E-state index in [0.717, 1.165) is 25.7 Å². The van der Waals surface area contributed by atoms with Crippen molar-refractivity contribution in [1.82, 2.24) is 0 Å². The van der Waals surface area contributed by atoms with Crippen LogP contribution in [0.25, 0.3) is 0 Å². The lowest BCUT2D eigenvalue weighted by molar-refractivity contribution is -0.205. The number of ether oxygens (including phenoxy) is 2. The fourth-order valence-corrected chi connectivity index (χ4v) is 7.95. The van der Waals surface area contributed by atoms with Crippen molar-refractivity contribution in [3.63, 3.8) is 0 Å². The molecule has 0 amide bonds. The smallest absolute Gasteiger partial charge is 0.338 e. The molecule has 3 fully saturated rings. The number of aliphatic hydroxyl groups excluding tert-OH is 1. The molecule has 162 valence electrons. The van der Waals surface area contributed by atoms with Gasteiger partial charge in [-0.1, -0.05) is 19.4 Å². The highest BCUT2D eigenvalue weighted by molar-refractivity contribution is 7.98. The Balaban J connectivity index is 1.73. The van der Waals surface area contributed by atoms with E-state index in [1.807, 2.05) is 12.3 Å². The fourth-order valence-electron chi connectivity index (χ4n) is 7.63. The number of allylic oxidation sites excluding steroid dienone is 1. The van der Waals surface area contributed by atoms with Gasteiger partial charge in [0.15, 0.2) is 11.4 Å². The number of carbonyl (C=O) groups is 2. The zero-order chi connectivity index (χ0) is 21.0. The van der Waals surface area contributed by atoms with Crippen LogP contribution in [0.1, 0.15) is 58.8 Å². The molecule has 0 aromatic carbocycles. The number of esters is 1. The lowest BCUT2D eigenvalue weighted by Crippen LogP contribution is -2.62. The average molecular weight is 423 g/mol. The van der Waals surface area contributed by atoms with Gasteiger partial charge in [0.1, 0.15) is 0 Å². The number of methoxy groups -OCH3 is 1. The Morgan fingerprint density at radius 1 is 1.28 bits per heavy atom. The molecular weight excluding hydrogens is 388 g/mol. The van der Waals surface area contributed by atoms with Gasteiger partial charge in [0.05, 0.1) is 19.2 Å². The van der Waals surface area contributed by atoms with Crippen LogP contribution in [0, 0.1) is 28.6 Å². The molecule has 2 unspecified atom stereocenters. The highest BCUT2D eigenvalue weighted by atomic mass is 32.2. The first-order chi connectivity index (χ1) is 13.7. The van der Waals surface area contributed by atoms with E-state index < -0.39 is 17.1 Å². The summed E-state index contributed by atoms with van der Waals surface area (Å²) >= 11 is 1.56. The second-order valence-corrected chi connectivity index (χ2v) is 10.8. The van der Waals surface area contributed by atoms with Crippen molar-refractivity contribution in [3.8, 4) is 0 Å². The van der Waals surface area contributed by atoms with E-state index in [0.29, 0.717) is 37.0 Å². The van der Waals surface area contributed by atoms with E-state index in [4.69, 9.17) is 9.47 Å². The Morgan fingerprint density at radius 2 is 2.03 bits per heavy atom. The van der Waals surface area contributed by atoms with Crippen molar-refractivity contribution in [2.45, 2.75) is 70.5 Å². The molecule has 0 aliphatic heterocycles. The zero-order valence-electron chi connectivity index (χ0n) is 18.0. The Kier molecular flexibility index (Phi) is 5.44. The van der Waals surface area contributed by atoms with Gasteiger partial charge in [-0.3, -0.25) is 4.79 Å². The number of ketones is 1. The van der Waals surface area contributed by atoms with Crippen molar-refractivity contribution >= 4 is 23.5 Å². The molecule has 0 radical (unpaired) electrons. The molecule has 0 heterocycles. The summed E-state index contributed by atoms with van der Waals surface area (Å²) < 4.78 is 11.5. The van der Waals surface area contributed by atoms with Gasteiger partial charge in [-0.05, 0) is 74.0 Å². The van der Waals surface area contributed by atoms with Crippen LogP contribution in [-0.4, -0.2) is 47.9 Å². The maximum Gasteiger partial charge on any atom is 0.338 e. The van der Waals surface area contributed by atoms with Gasteiger partial charge in [0.2, 0.25) is 0 Å². The first-order valence-electron chi connectivity index (χ1n) is 10.9. The minimum atomic E-state index is -0.985. The summed E-state index contributed by atoms with van der Waals surface area (Å²) in [6.07, 6.45) is 8.70. The van der Waals surface area contributed by atoms with Crippen molar-refractivity contribution in [2.75, 3.05) is 19.3 Å². The number of fused-ring (bicyclic) bond motifs is 5. The molecule has 0 bridgehead atoms. The van der Waals surface area contributed by atoms with Crippen molar-refractivity contribution in [2.24, 2.45) is 28.6 Å². The minimum Gasteiger partial charge on any atom is -0.467 e. The van der Waals surface area contributed by atoms with E-state index in [-0.39, 0.29) is 23.1 Å². The standard InChI is InChI=1S/C23H34O5S/c1-21-9-7-15(24)11-14(21)5-6-16-17-8-10-23(20(26)27-3,28-13-29-4)22(17,2)12-18(25)19(16)21/h11,16-19,25H,5-10,12-13H2,1-4H3/t16-,17-,18?,19-,21-,22-,23?/m0/s1. The van der Waals surface area contributed by atoms with Crippen LogP contribution in [0.4, 0.5) is 0 Å². The third kappa shape index (κ3) is 2.89. The van der Waals surface area contributed by atoms with Crippen LogP contribution < -0.4 is 0 Å². The minimum absolute atomic E-state index is 0.117. The van der Waals surface area contributed by atoms with Crippen molar-refractivity contribution < 1.29 is 24.2 Å². The second kappa shape index (κ2) is 7.38. The lowest BCUT2D eigenvalue weighted by Gasteiger charge is -2.60. The Morgan fingerprint density at radius 3 is 2.72 bits per heavy atom. The highest BCUT2D eigenvalue weighted by Gasteiger charge is 2.70. The van der Waals surface area contributed by atoms with E-state index in [1.54, 1.807) is 11.8 Å². The fraction of sp³-hybridized carbons (Fsp3) is 0.826. The third-order valence-electron chi connectivity index (χ3n) is 8.95. The molecule has 29 heavy (non-hydrogen) atoms. The van der Waals surface area contributed by atoms with Crippen LogP contribution in [-0.2, 0) is 19.1 Å². The predicted octanol–water partition coefficient (Wildman–Crippen LogP) is 3.74. The highest BCUT2D eigenvalue weighted by Crippen LogP contribution is 2.68. The summed E-state index contributed by atoms with van der Waals surface area (Å²) in [5.41, 5.74) is -0.318. The van der Waals surface area contributed by atoms with E-state index in [1.165, 1.54) is 12.7 Å². The third-order valence-corrected chi connectivity index (χ3v) is 9.31. The van der Waals surface area contributed by atoms with Gasteiger partial charge in [0.25, 0.3) is 0 Å². The Labute approximate surface area is 178 Å². The molecular formula is C23H34O5S. The monoisotopic (exact) mass is 422 g/mol. The molecule has 4 aliphatic rings. The summed E-state index contributed by atoms with van der Waals surface area (Å²) in [4.78, 5) is 25.0. The van der Waals surface area contributed by atoms with Gasteiger partial charge < -0.3 is 14.6 Å². The van der Waals surface area contributed by atoms with Gasteiger partial charge in [0, 0.05) is 11.8 Å². The van der Waals surface area contributed by atoms with E-state index in [2.05, 4.69) is 13.8 Å².